The van der Waals surface area contributed by atoms with Crippen molar-refractivity contribution >= 4 is 30.4 Å². The van der Waals surface area contributed by atoms with Gasteiger partial charge in [-0.25, -0.2) is 0 Å². The summed E-state index contributed by atoms with van der Waals surface area (Å²) in [6.45, 7) is 38.7. The van der Waals surface area contributed by atoms with Crippen LogP contribution in [-0.4, -0.2) is 36.2 Å². The van der Waals surface area contributed by atoms with Crippen molar-refractivity contribution in [3.63, 3.8) is 0 Å². The minimum atomic E-state index is -1.23. The van der Waals surface area contributed by atoms with Crippen LogP contribution in [0.5, 0.6) is 0 Å². The Balaban J connectivity index is -0.000000130. The smallest absolute Gasteiger partial charge is 0.170 e. The van der Waals surface area contributed by atoms with E-state index in [1.165, 1.54) is 34.8 Å². The number of hydrogen-bond donors (Lipinski definition) is 0. The molecule has 0 saturated heterocycles. The Hall–Kier alpha value is -0.336. The van der Waals surface area contributed by atoms with Crippen LogP contribution in [0.1, 0.15) is 50.8 Å². The van der Waals surface area contributed by atoms with E-state index in [-0.39, 0.29) is 38.8 Å². The van der Waals surface area contributed by atoms with E-state index in [1.807, 2.05) is 27.7 Å². The Bertz CT molecular complexity index is 686. The number of rotatable bonds is 7. The van der Waals surface area contributed by atoms with Crippen LogP contribution in [0.25, 0.3) is 0 Å². The van der Waals surface area contributed by atoms with Crippen molar-refractivity contribution in [3.05, 3.63) is 70.2 Å². The molecule has 2 rings (SSSR count). The van der Waals surface area contributed by atoms with Gasteiger partial charge in [0.1, 0.15) is 0 Å². The second-order valence-corrected chi connectivity index (χ2v) is 26.7. The maximum atomic E-state index is 5.90. The van der Waals surface area contributed by atoms with E-state index >= 15 is 0 Å². The molecule has 1 aliphatic rings. The molecule has 1 aromatic carbocycles. The summed E-state index contributed by atoms with van der Waals surface area (Å²) in [7, 11) is -3.37. The third kappa shape index (κ3) is 24.7. The molecule has 3 nitrogen and oxygen atoms in total. The minimum absolute atomic E-state index is 0. The number of hydrogen-bond acceptors (Lipinski definition) is 3. The number of aryl methyl sites for hydroxylation is 3. The molecule has 0 aromatic heterocycles. The van der Waals surface area contributed by atoms with Crippen molar-refractivity contribution in [2.24, 2.45) is 0 Å². The van der Waals surface area contributed by atoms with Gasteiger partial charge in [-0.3, -0.25) is 0 Å². The van der Waals surface area contributed by atoms with Crippen molar-refractivity contribution in [2.75, 3.05) is 11.4 Å². The van der Waals surface area contributed by atoms with Crippen LogP contribution in [0.2, 0.25) is 65.0 Å². The zero-order chi connectivity index (χ0) is 27.3. The minimum Gasteiger partial charge on any atom is -0.508 e. The summed E-state index contributed by atoms with van der Waals surface area (Å²) in [5, 5.41) is 0. The van der Waals surface area contributed by atoms with Crippen LogP contribution in [0, 0.1) is 49.7 Å². The van der Waals surface area contributed by atoms with Crippen LogP contribution >= 0.6 is 0 Å². The molecule has 1 aliphatic heterocycles. The Morgan fingerprint density at radius 3 is 1.42 bits per heavy atom. The monoisotopic (exact) mass is 626 g/mol. The van der Waals surface area contributed by atoms with Crippen molar-refractivity contribution in [2.45, 2.75) is 120 Å². The van der Waals surface area contributed by atoms with Gasteiger partial charge in [0.2, 0.25) is 0 Å². The molecule has 0 N–H and O–H groups in total. The van der Waals surface area contributed by atoms with Gasteiger partial charge in [0.25, 0.3) is 0 Å². The SMILES string of the molecule is CC.CC.C[Si](C)(C)O[Si](C)(C)C.Cc1cc(C)c(N2C=CN(CCC[Si](C)(C)C)[CH-]2)c(C)c1.[CH3-].[CH3-].[CH3-].[Ni]. The molecule has 0 atom stereocenters. The van der Waals surface area contributed by atoms with E-state index < -0.39 is 24.7 Å². The summed E-state index contributed by atoms with van der Waals surface area (Å²) in [6, 6.07) is 5.92. The van der Waals surface area contributed by atoms with Gasteiger partial charge in [-0.1, -0.05) is 71.1 Å². The van der Waals surface area contributed by atoms with Crippen molar-refractivity contribution in [1.82, 2.24) is 4.90 Å². The maximum Gasteiger partial charge on any atom is 0.170 e. The maximum absolute atomic E-state index is 5.90. The molecule has 0 saturated carbocycles. The molecule has 0 radical (unpaired) electrons. The third-order valence-electron chi connectivity index (χ3n) is 4.54. The first kappa shape index (κ1) is 50.5. The number of anilines is 1. The van der Waals surface area contributed by atoms with Gasteiger partial charge in [0.15, 0.2) is 16.6 Å². The molecule has 0 aliphatic carbocycles. The molecular weight excluding hydrogens is 559 g/mol. The summed E-state index contributed by atoms with van der Waals surface area (Å²) < 4.78 is 5.90. The first-order chi connectivity index (χ1) is 15.5. The molecule has 0 spiro atoms. The molecular formula is C31H68N2NiOSi3-4. The summed E-state index contributed by atoms with van der Waals surface area (Å²) in [6.07, 6.45) is 5.67. The van der Waals surface area contributed by atoms with Gasteiger partial charge < -0.3 is 36.2 Å². The molecule has 234 valence electrons. The first-order valence-electron chi connectivity index (χ1n) is 13.3. The Morgan fingerprint density at radius 2 is 1.11 bits per heavy atom. The quantitative estimate of drug-likeness (QED) is 0.221. The molecule has 1 aromatic rings. The molecule has 7 heteroatoms. The fraction of sp³-hybridized carbons (Fsp3) is 0.613. The zero-order valence-electron chi connectivity index (χ0n) is 29.1. The van der Waals surface area contributed by atoms with Gasteiger partial charge in [0.05, 0.1) is 0 Å². The van der Waals surface area contributed by atoms with Crippen LogP contribution in [0.15, 0.2) is 24.5 Å². The van der Waals surface area contributed by atoms with Crippen molar-refractivity contribution < 1.29 is 20.6 Å². The van der Waals surface area contributed by atoms with Gasteiger partial charge in [-0.05, 0) is 96.5 Å². The van der Waals surface area contributed by atoms with Crippen LogP contribution in [0.3, 0.4) is 0 Å². The Kier molecular flexibility index (Phi) is 31.1. The van der Waals surface area contributed by atoms with Crippen LogP contribution in [-0.2, 0) is 20.6 Å². The summed E-state index contributed by atoms with van der Waals surface area (Å²) in [4.78, 5) is 4.58. The molecule has 0 bridgehead atoms. The molecule has 1 heterocycles. The van der Waals surface area contributed by atoms with E-state index in [0.717, 1.165) is 6.54 Å². The second-order valence-electron chi connectivity index (χ2n) is 11.8. The van der Waals surface area contributed by atoms with E-state index in [0.29, 0.717) is 0 Å². The average Bonchev–Trinajstić information content (AvgIpc) is 3.09. The molecule has 0 fully saturated rings. The Labute approximate surface area is 256 Å². The van der Waals surface area contributed by atoms with Gasteiger partial charge in [-0.15, -0.1) is 0 Å². The summed E-state index contributed by atoms with van der Waals surface area (Å²) >= 11 is 0. The number of benzene rings is 1. The molecule has 0 unspecified atom stereocenters. The van der Waals surface area contributed by atoms with Crippen molar-refractivity contribution in [1.29, 1.82) is 0 Å². The second kappa shape index (κ2) is 23.4. The summed E-state index contributed by atoms with van der Waals surface area (Å²) in [5.74, 6) is 0. The summed E-state index contributed by atoms with van der Waals surface area (Å²) in [5.41, 5.74) is 5.35. The molecule has 0 amide bonds. The van der Waals surface area contributed by atoms with Crippen LogP contribution < -0.4 is 4.90 Å². The van der Waals surface area contributed by atoms with E-state index in [9.17, 15) is 0 Å². The van der Waals surface area contributed by atoms with E-state index in [4.69, 9.17) is 4.12 Å². The van der Waals surface area contributed by atoms with E-state index in [1.54, 1.807) is 0 Å². The van der Waals surface area contributed by atoms with Gasteiger partial charge in [0, 0.05) is 30.3 Å². The predicted molar refractivity (Wildman–Crippen MR) is 186 cm³/mol. The van der Waals surface area contributed by atoms with E-state index in [2.05, 4.69) is 121 Å². The number of nitrogens with zero attached hydrogens (tertiary/aromatic N) is 2. The van der Waals surface area contributed by atoms with Gasteiger partial charge >= 0.3 is 0 Å². The predicted octanol–water partition coefficient (Wildman–Crippen LogP) is 11.1. The fourth-order valence-electron chi connectivity index (χ4n) is 3.95. The molecule has 38 heavy (non-hydrogen) atoms. The topological polar surface area (TPSA) is 15.7 Å². The van der Waals surface area contributed by atoms with Crippen molar-refractivity contribution in [3.8, 4) is 0 Å². The van der Waals surface area contributed by atoms with Crippen LogP contribution in [0.4, 0.5) is 5.69 Å². The standard InChI is InChI=1S/C18H29N2Si.C6H18OSi2.2C2H6.3CH3.Ni/c1-15-12-16(2)18(17(3)13-15)20-10-9-19(14-20)8-7-11-21(4,5)6;1-8(2,3)7-9(4,5)6;2*1-2;;;;/h9-10,12-14H,7-8,11H2,1-6H3;1-6H3;2*1-2H3;3*1H3;/q-1;;;;3*-1;. The third-order valence-corrected chi connectivity index (χ3v) is 11.3. The largest absolute Gasteiger partial charge is 0.508 e. The van der Waals surface area contributed by atoms with Gasteiger partial charge in [-0.2, -0.15) is 6.67 Å². The average molecular weight is 628 g/mol. The first-order valence-corrected chi connectivity index (χ1v) is 23.8. The normalized spacial score (nSPS) is 12.0. The Morgan fingerprint density at radius 1 is 0.711 bits per heavy atom. The fourth-order valence-corrected chi connectivity index (χ4v) is 12.5. The zero-order valence-corrected chi connectivity index (χ0v) is 33.1.